The van der Waals surface area contributed by atoms with E-state index in [0.29, 0.717) is 11.4 Å². The molecule has 0 unspecified atom stereocenters. The van der Waals surface area contributed by atoms with E-state index < -0.39 is 27.3 Å². The third-order valence-electron chi connectivity index (χ3n) is 3.67. The van der Waals surface area contributed by atoms with E-state index in [2.05, 4.69) is 10.6 Å². The Bertz CT molecular complexity index is 958. The predicted octanol–water partition coefficient (Wildman–Crippen LogP) is 1.96. The van der Waals surface area contributed by atoms with Crippen LogP contribution in [0.4, 0.5) is 15.8 Å². The molecule has 1 heterocycles. The zero-order valence-electron chi connectivity index (χ0n) is 13.5. The Kier molecular flexibility index (Phi) is 4.90. The number of amides is 2. The van der Waals surface area contributed by atoms with Crippen molar-refractivity contribution in [3.63, 3.8) is 0 Å². The van der Waals surface area contributed by atoms with Gasteiger partial charge in [0.2, 0.25) is 5.91 Å². The summed E-state index contributed by atoms with van der Waals surface area (Å²) < 4.78 is 42.8. The van der Waals surface area contributed by atoms with Gasteiger partial charge in [-0.2, -0.15) is 0 Å². The summed E-state index contributed by atoms with van der Waals surface area (Å²) in [6.45, 7) is -0.122. The van der Waals surface area contributed by atoms with Crippen LogP contribution in [-0.4, -0.2) is 32.6 Å². The molecule has 0 radical (unpaired) electrons. The van der Waals surface area contributed by atoms with Crippen molar-refractivity contribution in [1.82, 2.24) is 0 Å². The van der Waals surface area contributed by atoms with Crippen LogP contribution in [0.3, 0.4) is 0 Å². The molecule has 1 aliphatic heterocycles. The molecule has 2 aromatic carbocycles. The standard InChI is InChI=1S/C17H15FN2O5S/c18-11-1-3-12(4-2-11)19-16(21)7-8-26(23,24)13-5-6-15-14(9-13)20-17(22)10-25-15/h1-6,9H,7-8,10H2,(H,19,21)(H,20,22). The average Bonchev–Trinajstić information content (AvgIpc) is 2.61. The number of sulfone groups is 1. The van der Waals surface area contributed by atoms with Gasteiger partial charge in [-0.15, -0.1) is 0 Å². The van der Waals surface area contributed by atoms with Gasteiger partial charge in [0.05, 0.1) is 16.3 Å². The Hall–Kier alpha value is -2.94. The number of rotatable bonds is 5. The number of benzene rings is 2. The van der Waals surface area contributed by atoms with E-state index in [-0.39, 0.29) is 29.5 Å². The second kappa shape index (κ2) is 7.12. The van der Waals surface area contributed by atoms with Crippen LogP contribution in [0.2, 0.25) is 0 Å². The topological polar surface area (TPSA) is 102 Å². The Morgan fingerprint density at radius 3 is 2.65 bits per heavy atom. The highest BCUT2D eigenvalue weighted by Crippen LogP contribution is 2.30. The second-order valence-corrected chi connectivity index (χ2v) is 7.73. The van der Waals surface area contributed by atoms with Gasteiger partial charge in [0.25, 0.3) is 5.91 Å². The molecular weight excluding hydrogens is 363 g/mol. The van der Waals surface area contributed by atoms with Gasteiger partial charge in [-0.1, -0.05) is 0 Å². The normalized spacial score (nSPS) is 13.3. The van der Waals surface area contributed by atoms with E-state index in [1.165, 1.54) is 42.5 Å². The molecule has 0 saturated carbocycles. The fourth-order valence-corrected chi connectivity index (χ4v) is 3.62. The van der Waals surface area contributed by atoms with Crippen molar-refractivity contribution in [2.75, 3.05) is 23.0 Å². The second-order valence-electron chi connectivity index (χ2n) is 5.62. The van der Waals surface area contributed by atoms with Crippen LogP contribution in [0.5, 0.6) is 5.75 Å². The van der Waals surface area contributed by atoms with E-state index in [4.69, 9.17) is 4.74 Å². The van der Waals surface area contributed by atoms with E-state index >= 15 is 0 Å². The molecule has 0 bridgehead atoms. The summed E-state index contributed by atoms with van der Waals surface area (Å²) >= 11 is 0. The molecule has 136 valence electrons. The summed E-state index contributed by atoms with van der Waals surface area (Å²) in [6.07, 6.45) is -0.264. The van der Waals surface area contributed by atoms with Crippen LogP contribution >= 0.6 is 0 Å². The summed E-state index contributed by atoms with van der Waals surface area (Å²) in [5.74, 6) is -1.33. The quantitative estimate of drug-likeness (QED) is 0.828. The molecule has 0 spiro atoms. The summed E-state index contributed by atoms with van der Waals surface area (Å²) in [4.78, 5) is 23.2. The number of carbonyl (C=O) groups excluding carboxylic acids is 2. The van der Waals surface area contributed by atoms with Gasteiger partial charge in [-0.05, 0) is 42.5 Å². The van der Waals surface area contributed by atoms with Crippen LogP contribution < -0.4 is 15.4 Å². The molecule has 2 N–H and O–H groups in total. The van der Waals surface area contributed by atoms with E-state index in [0.717, 1.165) is 0 Å². The molecule has 1 aliphatic rings. The molecule has 26 heavy (non-hydrogen) atoms. The number of carbonyl (C=O) groups is 2. The number of ether oxygens (including phenoxy) is 1. The predicted molar refractivity (Wildman–Crippen MR) is 92.3 cm³/mol. The smallest absolute Gasteiger partial charge is 0.262 e. The zero-order valence-corrected chi connectivity index (χ0v) is 14.3. The van der Waals surface area contributed by atoms with E-state index in [1.807, 2.05) is 0 Å². The maximum atomic E-state index is 12.8. The lowest BCUT2D eigenvalue weighted by Crippen LogP contribution is -2.25. The molecule has 2 aromatic rings. The van der Waals surface area contributed by atoms with Crippen LogP contribution in [0.15, 0.2) is 47.4 Å². The lowest BCUT2D eigenvalue weighted by molar-refractivity contribution is -0.118. The molecule has 0 fully saturated rings. The van der Waals surface area contributed by atoms with Crippen LogP contribution in [0.25, 0.3) is 0 Å². The molecule has 0 aromatic heterocycles. The Balaban J connectivity index is 1.65. The molecule has 7 nitrogen and oxygen atoms in total. The van der Waals surface area contributed by atoms with Gasteiger partial charge < -0.3 is 15.4 Å². The summed E-state index contributed by atoms with van der Waals surface area (Å²) in [6, 6.07) is 9.27. The molecule has 0 atom stereocenters. The van der Waals surface area contributed by atoms with Gasteiger partial charge in [-0.3, -0.25) is 9.59 Å². The number of nitrogens with one attached hydrogen (secondary N) is 2. The van der Waals surface area contributed by atoms with Gasteiger partial charge in [0.1, 0.15) is 11.6 Å². The third kappa shape index (κ3) is 4.17. The number of halogens is 1. The molecule has 0 saturated heterocycles. The minimum absolute atomic E-state index is 0.0170. The van der Waals surface area contributed by atoms with Crippen molar-refractivity contribution < 1.29 is 27.1 Å². The van der Waals surface area contributed by atoms with Crippen molar-refractivity contribution in [3.8, 4) is 5.75 Å². The molecule has 9 heteroatoms. The van der Waals surface area contributed by atoms with Crippen LogP contribution in [-0.2, 0) is 19.4 Å². The largest absolute Gasteiger partial charge is 0.482 e. The first-order chi connectivity index (χ1) is 12.3. The fourth-order valence-electron chi connectivity index (χ4n) is 2.36. The van der Waals surface area contributed by atoms with Crippen LogP contribution in [0, 0.1) is 5.82 Å². The minimum atomic E-state index is -3.73. The zero-order chi connectivity index (χ0) is 18.7. The maximum absolute atomic E-state index is 12.8. The number of hydrogen-bond acceptors (Lipinski definition) is 5. The molecule has 3 rings (SSSR count). The first-order valence-corrected chi connectivity index (χ1v) is 9.33. The monoisotopic (exact) mass is 378 g/mol. The summed E-state index contributed by atoms with van der Waals surface area (Å²) in [5.41, 5.74) is 0.653. The van der Waals surface area contributed by atoms with Crippen molar-refractivity contribution in [3.05, 3.63) is 48.3 Å². The molecule has 2 amide bonds. The summed E-state index contributed by atoms with van der Waals surface area (Å²) in [7, 11) is -3.73. The van der Waals surface area contributed by atoms with Crippen LogP contribution in [0.1, 0.15) is 6.42 Å². The van der Waals surface area contributed by atoms with E-state index in [1.54, 1.807) is 0 Å². The van der Waals surface area contributed by atoms with Gasteiger partial charge >= 0.3 is 0 Å². The first-order valence-electron chi connectivity index (χ1n) is 7.68. The molecular formula is C17H15FN2O5S. The number of fused-ring (bicyclic) bond motifs is 1. The average molecular weight is 378 g/mol. The fraction of sp³-hybridized carbons (Fsp3) is 0.176. The van der Waals surface area contributed by atoms with Crippen molar-refractivity contribution in [2.24, 2.45) is 0 Å². The Morgan fingerprint density at radius 1 is 1.19 bits per heavy atom. The van der Waals surface area contributed by atoms with Gasteiger partial charge in [0, 0.05) is 12.1 Å². The first kappa shape index (κ1) is 17.9. The Morgan fingerprint density at radius 2 is 1.92 bits per heavy atom. The number of hydrogen-bond donors (Lipinski definition) is 2. The van der Waals surface area contributed by atoms with Crippen molar-refractivity contribution >= 4 is 33.0 Å². The number of anilines is 2. The van der Waals surface area contributed by atoms with Gasteiger partial charge in [-0.25, -0.2) is 12.8 Å². The lowest BCUT2D eigenvalue weighted by atomic mass is 10.2. The van der Waals surface area contributed by atoms with Gasteiger partial charge in [0.15, 0.2) is 16.4 Å². The minimum Gasteiger partial charge on any atom is -0.482 e. The van der Waals surface area contributed by atoms with E-state index in [9.17, 15) is 22.4 Å². The maximum Gasteiger partial charge on any atom is 0.262 e. The lowest BCUT2D eigenvalue weighted by Gasteiger charge is -2.18. The highest BCUT2D eigenvalue weighted by molar-refractivity contribution is 7.91. The van der Waals surface area contributed by atoms with Crippen molar-refractivity contribution in [2.45, 2.75) is 11.3 Å². The SMILES string of the molecule is O=C(CCS(=O)(=O)c1ccc2c(c1)NC(=O)CO2)Nc1ccc(F)cc1. The molecule has 0 aliphatic carbocycles. The highest BCUT2D eigenvalue weighted by Gasteiger charge is 2.21. The highest BCUT2D eigenvalue weighted by atomic mass is 32.2. The summed E-state index contributed by atoms with van der Waals surface area (Å²) in [5, 5.41) is 5.04. The third-order valence-corrected chi connectivity index (χ3v) is 5.38. The Labute approximate surface area is 149 Å². The van der Waals surface area contributed by atoms with Crippen molar-refractivity contribution in [1.29, 1.82) is 0 Å².